The zero-order valence-corrected chi connectivity index (χ0v) is 15.7. The molecular weight excluding hydrogens is 378 g/mol. The molecule has 0 bridgehead atoms. The van der Waals surface area contributed by atoms with E-state index in [1.807, 2.05) is 23.6 Å². The lowest BCUT2D eigenvalue weighted by atomic mass is 10.2. The average Bonchev–Trinajstić information content (AvgIpc) is 3.43. The second kappa shape index (κ2) is 7.29. The van der Waals surface area contributed by atoms with E-state index in [0.717, 1.165) is 4.88 Å². The Balaban J connectivity index is 1.47. The molecule has 1 aliphatic heterocycles. The fraction of sp³-hybridized carbons (Fsp3) is 0.200. The number of esters is 1. The molecule has 3 heterocycles. The van der Waals surface area contributed by atoms with E-state index in [4.69, 9.17) is 14.4 Å². The van der Waals surface area contributed by atoms with Gasteiger partial charge < -0.3 is 14.1 Å². The van der Waals surface area contributed by atoms with E-state index in [1.165, 1.54) is 11.3 Å². The smallest absolute Gasteiger partial charge is 0.361 e. The van der Waals surface area contributed by atoms with Crippen molar-refractivity contribution >= 4 is 28.9 Å². The van der Waals surface area contributed by atoms with Crippen LogP contribution in [-0.4, -0.2) is 29.5 Å². The number of rotatable bonds is 4. The Morgan fingerprint density at radius 2 is 2.14 bits per heavy atom. The van der Waals surface area contributed by atoms with Gasteiger partial charge in [0.25, 0.3) is 5.91 Å². The number of nitriles is 1. The van der Waals surface area contributed by atoms with Gasteiger partial charge in [0, 0.05) is 18.7 Å². The first kappa shape index (κ1) is 17.9. The van der Waals surface area contributed by atoms with Gasteiger partial charge >= 0.3 is 5.97 Å². The van der Waals surface area contributed by atoms with Crippen LogP contribution >= 0.6 is 11.3 Å². The van der Waals surface area contributed by atoms with Crippen LogP contribution in [0.3, 0.4) is 0 Å². The Morgan fingerprint density at radius 3 is 2.82 bits per heavy atom. The minimum Gasteiger partial charge on any atom is -0.447 e. The lowest BCUT2D eigenvalue weighted by molar-refractivity contribution is -0.124. The molecule has 1 aliphatic rings. The summed E-state index contributed by atoms with van der Waals surface area (Å²) in [6.07, 6.45) is -0.483. The summed E-state index contributed by atoms with van der Waals surface area (Å²) in [7, 11) is 0. The number of amides is 1. The number of hydrogen-bond acceptors (Lipinski definition) is 7. The molecule has 1 aromatic carbocycles. The van der Waals surface area contributed by atoms with E-state index in [0.29, 0.717) is 35.9 Å². The molecule has 4 rings (SSSR count). The van der Waals surface area contributed by atoms with E-state index in [-0.39, 0.29) is 11.6 Å². The van der Waals surface area contributed by atoms with E-state index < -0.39 is 12.1 Å². The number of nitrogens with zero attached hydrogens (tertiary/aromatic N) is 3. The number of carbonyl (C=O) groups excluding carboxylic acids is 2. The quantitative estimate of drug-likeness (QED) is 0.629. The van der Waals surface area contributed by atoms with E-state index in [2.05, 4.69) is 4.98 Å². The molecule has 1 fully saturated rings. The number of benzene rings is 1. The normalized spacial score (nSPS) is 16.2. The van der Waals surface area contributed by atoms with Crippen molar-refractivity contribution in [2.75, 3.05) is 11.4 Å². The minimum absolute atomic E-state index is 0.0769. The van der Waals surface area contributed by atoms with Gasteiger partial charge in [-0.25, -0.2) is 9.78 Å². The van der Waals surface area contributed by atoms with Crippen LogP contribution in [-0.2, 0) is 9.53 Å². The lowest BCUT2D eigenvalue weighted by Gasteiger charge is -2.16. The maximum atomic E-state index is 12.6. The van der Waals surface area contributed by atoms with Crippen molar-refractivity contribution in [3.63, 3.8) is 0 Å². The Morgan fingerprint density at radius 1 is 1.36 bits per heavy atom. The van der Waals surface area contributed by atoms with Crippen molar-refractivity contribution in [1.29, 1.82) is 5.26 Å². The third kappa shape index (κ3) is 3.28. The number of hydrogen-bond donors (Lipinski definition) is 0. The fourth-order valence-electron chi connectivity index (χ4n) is 3.01. The summed E-state index contributed by atoms with van der Waals surface area (Å²) in [5, 5.41) is 10.8. The standard InChI is InChI=1S/C20H15N3O4S/c1-12-17(22-18(26-12)16-3-2-10-28-16)20(25)27-15-8-9-23(19(15)24)14-6-4-13(11-21)5-7-14/h2-7,10,15H,8-9H2,1H3. The second-order valence-electron chi connectivity index (χ2n) is 6.23. The molecule has 1 atom stereocenters. The van der Waals surface area contributed by atoms with Gasteiger partial charge in [0.15, 0.2) is 11.8 Å². The molecule has 140 valence electrons. The van der Waals surface area contributed by atoms with Crippen LogP contribution in [0.5, 0.6) is 0 Å². The van der Waals surface area contributed by atoms with Crippen molar-refractivity contribution in [3.05, 3.63) is 58.8 Å². The van der Waals surface area contributed by atoms with Crippen molar-refractivity contribution in [2.24, 2.45) is 0 Å². The Hall–Kier alpha value is -3.44. The number of anilines is 1. The molecule has 0 spiro atoms. The molecule has 7 nitrogen and oxygen atoms in total. The highest BCUT2D eigenvalue weighted by Gasteiger charge is 2.36. The first-order valence-corrected chi connectivity index (χ1v) is 9.48. The number of aromatic nitrogens is 1. The first-order chi connectivity index (χ1) is 13.6. The van der Waals surface area contributed by atoms with Gasteiger partial charge in [0.2, 0.25) is 5.89 Å². The molecule has 3 aromatic rings. The number of carbonyl (C=O) groups is 2. The molecule has 0 N–H and O–H groups in total. The first-order valence-electron chi connectivity index (χ1n) is 8.60. The van der Waals surface area contributed by atoms with Crippen molar-refractivity contribution in [1.82, 2.24) is 4.98 Å². The summed E-state index contributed by atoms with van der Waals surface area (Å²) < 4.78 is 11.0. The summed E-state index contributed by atoms with van der Waals surface area (Å²) in [5.74, 6) is -0.263. The Bertz CT molecular complexity index is 1060. The molecule has 2 aromatic heterocycles. The van der Waals surface area contributed by atoms with E-state index in [1.54, 1.807) is 36.1 Å². The van der Waals surface area contributed by atoms with Gasteiger partial charge in [-0.05, 0) is 42.6 Å². The minimum atomic E-state index is -0.871. The zero-order chi connectivity index (χ0) is 19.7. The second-order valence-corrected chi connectivity index (χ2v) is 7.18. The number of thiophene rings is 1. The zero-order valence-electron chi connectivity index (χ0n) is 14.9. The lowest BCUT2D eigenvalue weighted by Crippen LogP contribution is -2.32. The van der Waals surface area contributed by atoms with Crippen LogP contribution in [0.2, 0.25) is 0 Å². The van der Waals surface area contributed by atoms with Crippen LogP contribution in [0.4, 0.5) is 5.69 Å². The number of ether oxygens (including phenoxy) is 1. The predicted molar refractivity (Wildman–Crippen MR) is 102 cm³/mol. The SMILES string of the molecule is Cc1oc(-c2cccs2)nc1C(=O)OC1CCN(c2ccc(C#N)cc2)C1=O. The predicted octanol–water partition coefficient (Wildman–Crippen LogP) is 3.55. The fourth-order valence-corrected chi connectivity index (χ4v) is 3.66. The molecular formula is C20H15N3O4S. The molecule has 28 heavy (non-hydrogen) atoms. The number of oxazole rings is 1. The largest absolute Gasteiger partial charge is 0.447 e. The monoisotopic (exact) mass is 393 g/mol. The van der Waals surface area contributed by atoms with Crippen molar-refractivity contribution in [2.45, 2.75) is 19.4 Å². The van der Waals surface area contributed by atoms with Crippen LogP contribution in [0.15, 0.2) is 46.2 Å². The highest BCUT2D eigenvalue weighted by atomic mass is 32.1. The highest BCUT2D eigenvalue weighted by molar-refractivity contribution is 7.13. The molecule has 0 saturated carbocycles. The Kier molecular flexibility index (Phi) is 4.67. The average molecular weight is 393 g/mol. The third-order valence-corrected chi connectivity index (χ3v) is 5.29. The van der Waals surface area contributed by atoms with Crippen LogP contribution in [0.25, 0.3) is 10.8 Å². The van der Waals surface area contributed by atoms with Crippen LogP contribution in [0.1, 0.15) is 28.2 Å². The van der Waals surface area contributed by atoms with Crippen LogP contribution in [0, 0.1) is 18.3 Å². The van der Waals surface area contributed by atoms with Gasteiger partial charge in [-0.15, -0.1) is 11.3 Å². The van der Waals surface area contributed by atoms with Gasteiger partial charge in [-0.3, -0.25) is 4.79 Å². The van der Waals surface area contributed by atoms with Crippen LogP contribution < -0.4 is 4.90 Å². The van der Waals surface area contributed by atoms with Gasteiger partial charge in [-0.1, -0.05) is 6.07 Å². The molecule has 1 saturated heterocycles. The summed E-state index contributed by atoms with van der Waals surface area (Å²) in [4.78, 5) is 31.8. The van der Waals surface area contributed by atoms with Gasteiger partial charge in [0.1, 0.15) is 5.76 Å². The molecule has 1 unspecified atom stereocenters. The summed E-state index contributed by atoms with van der Waals surface area (Å²) in [6, 6.07) is 12.5. The maximum Gasteiger partial charge on any atom is 0.361 e. The topological polar surface area (TPSA) is 96.4 Å². The molecule has 0 radical (unpaired) electrons. The summed E-state index contributed by atoms with van der Waals surface area (Å²) >= 11 is 1.45. The Labute approximate surface area is 164 Å². The number of aryl methyl sites for hydroxylation is 1. The van der Waals surface area contributed by atoms with E-state index >= 15 is 0 Å². The molecule has 8 heteroatoms. The summed E-state index contributed by atoms with van der Waals surface area (Å²) in [6.45, 7) is 2.07. The maximum absolute atomic E-state index is 12.6. The van der Waals surface area contributed by atoms with Gasteiger partial charge in [0.05, 0.1) is 16.5 Å². The van der Waals surface area contributed by atoms with Gasteiger partial charge in [-0.2, -0.15) is 5.26 Å². The van der Waals surface area contributed by atoms with Crippen molar-refractivity contribution < 1.29 is 18.7 Å². The molecule has 0 aliphatic carbocycles. The van der Waals surface area contributed by atoms with E-state index in [9.17, 15) is 9.59 Å². The summed E-state index contributed by atoms with van der Waals surface area (Å²) in [5.41, 5.74) is 1.26. The highest BCUT2D eigenvalue weighted by Crippen LogP contribution is 2.28. The molecule has 1 amide bonds. The van der Waals surface area contributed by atoms with Crippen molar-refractivity contribution in [3.8, 4) is 16.8 Å². The third-order valence-electron chi connectivity index (χ3n) is 4.44.